The standard InChI is InChI=1S/C13H19NO2S/c1-5-13(3,4)16-12-9-7-11(8-10-12)14-17(15)6-2/h5,7-10,14H,1,6H2,2-4H3. The second kappa shape index (κ2) is 5.87. The van der Waals surface area contributed by atoms with Crippen LogP contribution in [-0.2, 0) is 11.0 Å². The van der Waals surface area contributed by atoms with Crippen LogP contribution in [0.4, 0.5) is 5.69 Å². The Morgan fingerprint density at radius 3 is 2.47 bits per heavy atom. The lowest BCUT2D eigenvalue weighted by atomic mass is 10.1. The van der Waals surface area contributed by atoms with Gasteiger partial charge in [0, 0.05) is 11.4 Å². The maximum Gasteiger partial charge on any atom is 0.121 e. The lowest BCUT2D eigenvalue weighted by molar-refractivity contribution is 0.162. The minimum atomic E-state index is -1.01. The van der Waals surface area contributed by atoms with Crippen LogP contribution in [0.3, 0.4) is 0 Å². The number of hydrogen-bond acceptors (Lipinski definition) is 2. The normalized spacial score (nSPS) is 12.9. The van der Waals surface area contributed by atoms with Gasteiger partial charge in [-0.05, 0) is 44.2 Å². The summed E-state index contributed by atoms with van der Waals surface area (Å²) >= 11 is 0. The molecule has 3 nitrogen and oxygen atoms in total. The molecule has 0 fully saturated rings. The SMILES string of the molecule is C=CC(C)(C)Oc1ccc(NS(=O)CC)cc1. The zero-order valence-electron chi connectivity index (χ0n) is 10.5. The van der Waals surface area contributed by atoms with Gasteiger partial charge in [0.15, 0.2) is 0 Å². The molecule has 0 aliphatic rings. The summed E-state index contributed by atoms with van der Waals surface area (Å²) in [6.45, 7) is 9.47. The molecule has 0 aromatic heterocycles. The van der Waals surface area contributed by atoms with Gasteiger partial charge in [0.1, 0.15) is 22.3 Å². The number of anilines is 1. The van der Waals surface area contributed by atoms with Crippen LogP contribution < -0.4 is 9.46 Å². The largest absolute Gasteiger partial charge is 0.484 e. The van der Waals surface area contributed by atoms with Crippen LogP contribution in [0.2, 0.25) is 0 Å². The highest BCUT2D eigenvalue weighted by Gasteiger charge is 2.14. The number of hydrogen-bond donors (Lipinski definition) is 1. The maximum atomic E-state index is 11.3. The third-order valence-corrected chi connectivity index (χ3v) is 3.21. The lowest BCUT2D eigenvalue weighted by Gasteiger charge is -2.22. The topological polar surface area (TPSA) is 38.3 Å². The van der Waals surface area contributed by atoms with Crippen molar-refractivity contribution in [3.05, 3.63) is 36.9 Å². The Hall–Kier alpha value is -1.29. The van der Waals surface area contributed by atoms with Gasteiger partial charge in [-0.3, -0.25) is 0 Å². The molecule has 1 unspecified atom stereocenters. The molecule has 0 bridgehead atoms. The van der Waals surface area contributed by atoms with E-state index in [1.807, 2.05) is 45.0 Å². The summed E-state index contributed by atoms with van der Waals surface area (Å²) in [6.07, 6.45) is 1.76. The fourth-order valence-electron chi connectivity index (χ4n) is 1.14. The molecule has 0 spiro atoms. The minimum absolute atomic E-state index is 0.388. The van der Waals surface area contributed by atoms with Gasteiger partial charge in [-0.2, -0.15) is 0 Å². The third-order valence-electron chi connectivity index (χ3n) is 2.22. The van der Waals surface area contributed by atoms with E-state index in [-0.39, 0.29) is 5.60 Å². The number of rotatable bonds is 6. The molecule has 0 saturated carbocycles. The smallest absolute Gasteiger partial charge is 0.121 e. The molecule has 1 aromatic carbocycles. The maximum absolute atomic E-state index is 11.3. The molecular weight excluding hydrogens is 234 g/mol. The van der Waals surface area contributed by atoms with E-state index in [9.17, 15) is 4.21 Å². The highest BCUT2D eigenvalue weighted by Crippen LogP contribution is 2.21. The Kier molecular flexibility index (Phi) is 4.75. The zero-order chi connectivity index (χ0) is 12.9. The fourth-order valence-corrected chi connectivity index (χ4v) is 1.68. The monoisotopic (exact) mass is 253 g/mol. The molecule has 4 heteroatoms. The fraction of sp³-hybridized carbons (Fsp3) is 0.385. The van der Waals surface area contributed by atoms with Crippen molar-refractivity contribution in [1.82, 2.24) is 0 Å². The summed E-state index contributed by atoms with van der Waals surface area (Å²) in [5.74, 6) is 1.35. The summed E-state index contributed by atoms with van der Waals surface area (Å²) in [4.78, 5) is 0. The predicted octanol–water partition coefficient (Wildman–Crippen LogP) is 3.13. The van der Waals surface area contributed by atoms with E-state index < -0.39 is 11.0 Å². The van der Waals surface area contributed by atoms with Gasteiger partial charge in [-0.15, -0.1) is 0 Å². The van der Waals surface area contributed by atoms with Crippen molar-refractivity contribution in [2.75, 3.05) is 10.5 Å². The van der Waals surface area contributed by atoms with Gasteiger partial charge in [0.05, 0.1) is 0 Å². The van der Waals surface area contributed by atoms with Crippen molar-refractivity contribution < 1.29 is 8.95 Å². The van der Waals surface area contributed by atoms with Crippen LogP contribution in [0.25, 0.3) is 0 Å². The second-order valence-electron chi connectivity index (χ2n) is 4.17. The first kappa shape index (κ1) is 13.8. The van der Waals surface area contributed by atoms with Crippen molar-refractivity contribution in [3.8, 4) is 5.75 Å². The van der Waals surface area contributed by atoms with Gasteiger partial charge in [-0.25, -0.2) is 4.21 Å². The molecule has 1 rings (SSSR count). The van der Waals surface area contributed by atoms with Crippen LogP contribution in [0.1, 0.15) is 20.8 Å². The van der Waals surface area contributed by atoms with Gasteiger partial charge < -0.3 is 9.46 Å². The van der Waals surface area contributed by atoms with Crippen LogP contribution in [0, 0.1) is 0 Å². The van der Waals surface area contributed by atoms with Crippen LogP contribution in [-0.4, -0.2) is 15.6 Å². The van der Waals surface area contributed by atoms with E-state index >= 15 is 0 Å². The van der Waals surface area contributed by atoms with E-state index in [0.717, 1.165) is 11.4 Å². The molecule has 1 atom stereocenters. The summed E-state index contributed by atoms with van der Waals surface area (Å²) in [7, 11) is -1.01. The van der Waals surface area contributed by atoms with Gasteiger partial charge >= 0.3 is 0 Å². The second-order valence-corrected chi connectivity index (χ2v) is 5.64. The van der Waals surface area contributed by atoms with Crippen LogP contribution >= 0.6 is 0 Å². The van der Waals surface area contributed by atoms with E-state index in [2.05, 4.69) is 11.3 Å². The average Bonchev–Trinajstić information content (AvgIpc) is 2.31. The van der Waals surface area contributed by atoms with E-state index in [0.29, 0.717) is 5.75 Å². The minimum Gasteiger partial charge on any atom is -0.484 e. The van der Waals surface area contributed by atoms with Crippen LogP contribution in [0.15, 0.2) is 36.9 Å². The first-order chi connectivity index (χ1) is 7.96. The van der Waals surface area contributed by atoms with Gasteiger partial charge in [-0.1, -0.05) is 13.5 Å². The van der Waals surface area contributed by atoms with Crippen molar-refractivity contribution >= 4 is 16.7 Å². The molecule has 1 aromatic rings. The van der Waals surface area contributed by atoms with E-state index in [1.165, 1.54) is 0 Å². The molecular formula is C13H19NO2S. The Morgan fingerprint density at radius 2 is 2.00 bits per heavy atom. The van der Waals surface area contributed by atoms with Crippen molar-refractivity contribution in [2.24, 2.45) is 0 Å². The summed E-state index contributed by atoms with van der Waals surface area (Å²) in [5.41, 5.74) is 0.440. The van der Waals surface area contributed by atoms with Crippen molar-refractivity contribution in [1.29, 1.82) is 0 Å². The number of ether oxygens (including phenoxy) is 1. The molecule has 0 aliphatic carbocycles. The first-order valence-corrected chi connectivity index (χ1v) is 6.86. The Balaban J connectivity index is 2.68. The van der Waals surface area contributed by atoms with E-state index in [1.54, 1.807) is 6.08 Å². The highest BCUT2D eigenvalue weighted by atomic mass is 32.2. The summed E-state index contributed by atoms with van der Waals surface area (Å²) < 4.78 is 19.9. The zero-order valence-corrected chi connectivity index (χ0v) is 11.3. The molecule has 0 radical (unpaired) electrons. The van der Waals surface area contributed by atoms with Crippen molar-refractivity contribution in [3.63, 3.8) is 0 Å². The van der Waals surface area contributed by atoms with Gasteiger partial charge in [0.25, 0.3) is 0 Å². The quantitative estimate of drug-likeness (QED) is 0.791. The summed E-state index contributed by atoms with van der Waals surface area (Å²) in [6, 6.07) is 7.39. The van der Waals surface area contributed by atoms with Crippen LogP contribution in [0.5, 0.6) is 5.75 Å². The predicted molar refractivity (Wildman–Crippen MR) is 73.7 cm³/mol. The third kappa shape index (κ3) is 4.61. The van der Waals surface area contributed by atoms with Crippen molar-refractivity contribution in [2.45, 2.75) is 26.4 Å². The number of nitrogens with one attached hydrogen (secondary N) is 1. The Bertz CT molecular complexity index is 398. The molecule has 94 valence electrons. The molecule has 1 N–H and O–H groups in total. The Morgan fingerprint density at radius 1 is 1.41 bits per heavy atom. The molecule has 0 heterocycles. The molecule has 0 amide bonds. The Labute approximate surface area is 105 Å². The summed E-state index contributed by atoms with van der Waals surface area (Å²) in [5, 5.41) is 0. The van der Waals surface area contributed by atoms with E-state index in [4.69, 9.17) is 4.74 Å². The van der Waals surface area contributed by atoms with Gasteiger partial charge in [0.2, 0.25) is 0 Å². The molecule has 0 aliphatic heterocycles. The molecule has 0 saturated heterocycles. The average molecular weight is 253 g/mol. The first-order valence-electron chi connectivity index (χ1n) is 5.54. The molecule has 17 heavy (non-hydrogen) atoms. The lowest BCUT2D eigenvalue weighted by Crippen LogP contribution is -2.24. The number of benzene rings is 1. The highest BCUT2D eigenvalue weighted by molar-refractivity contribution is 7.86.